The zero-order valence-corrected chi connectivity index (χ0v) is 9.45. The molecular formula is C9H5Cl3N2. The molecular weight excluding hydrogens is 242 g/mol. The Bertz CT molecular complexity index is 511. The number of hydrogen-bond acceptors (Lipinski definition) is 2. The third kappa shape index (κ3) is 1.44. The molecule has 0 aliphatic heterocycles. The van der Waals surface area contributed by atoms with Crippen molar-refractivity contribution in [3.63, 3.8) is 0 Å². The molecule has 0 amide bonds. The number of fused-ring (bicyclic) bond motifs is 1. The number of aryl methyl sites for hydroxylation is 1. The van der Waals surface area contributed by atoms with E-state index < -0.39 is 0 Å². The zero-order chi connectivity index (χ0) is 10.3. The molecule has 1 heterocycles. The van der Waals surface area contributed by atoms with Gasteiger partial charge in [0.25, 0.3) is 0 Å². The minimum atomic E-state index is 0.325. The normalized spacial score (nSPS) is 10.9. The lowest BCUT2D eigenvalue weighted by atomic mass is 10.2. The van der Waals surface area contributed by atoms with Gasteiger partial charge < -0.3 is 0 Å². The summed E-state index contributed by atoms with van der Waals surface area (Å²) >= 11 is 18.0. The summed E-state index contributed by atoms with van der Waals surface area (Å²) in [6.07, 6.45) is 1.36. The molecule has 0 saturated heterocycles. The van der Waals surface area contributed by atoms with E-state index in [1.54, 1.807) is 6.07 Å². The first-order chi connectivity index (χ1) is 6.61. The second kappa shape index (κ2) is 3.54. The minimum Gasteiger partial charge on any atom is -0.235 e. The molecule has 2 rings (SSSR count). The Morgan fingerprint density at radius 2 is 1.86 bits per heavy atom. The summed E-state index contributed by atoms with van der Waals surface area (Å²) in [4.78, 5) is 7.89. The van der Waals surface area contributed by atoms with Crippen LogP contribution in [0.15, 0.2) is 12.4 Å². The number of aromatic nitrogens is 2. The van der Waals surface area contributed by atoms with E-state index in [0.717, 1.165) is 5.56 Å². The predicted octanol–water partition coefficient (Wildman–Crippen LogP) is 3.90. The molecule has 5 heteroatoms. The van der Waals surface area contributed by atoms with Crippen LogP contribution in [0.3, 0.4) is 0 Å². The van der Waals surface area contributed by atoms with Crippen molar-refractivity contribution in [2.24, 2.45) is 0 Å². The molecule has 0 saturated carbocycles. The summed E-state index contributed by atoms with van der Waals surface area (Å²) in [6.45, 7) is 1.86. The van der Waals surface area contributed by atoms with Gasteiger partial charge in [0.05, 0.1) is 20.9 Å². The minimum absolute atomic E-state index is 0.325. The van der Waals surface area contributed by atoms with Crippen LogP contribution < -0.4 is 0 Å². The van der Waals surface area contributed by atoms with Gasteiger partial charge in [-0.1, -0.05) is 34.8 Å². The lowest BCUT2D eigenvalue weighted by molar-refractivity contribution is 1.22. The highest BCUT2D eigenvalue weighted by Crippen LogP contribution is 2.34. The largest absolute Gasteiger partial charge is 0.235 e. The molecule has 0 unspecified atom stereocenters. The van der Waals surface area contributed by atoms with Gasteiger partial charge in [0.2, 0.25) is 0 Å². The van der Waals surface area contributed by atoms with Crippen LogP contribution in [-0.4, -0.2) is 9.97 Å². The van der Waals surface area contributed by atoms with Crippen molar-refractivity contribution >= 4 is 45.7 Å². The van der Waals surface area contributed by atoms with E-state index in [0.29, 0.717) is 26.1 Å². The van der Waals surface area contributed by atoms with Gasteiger partial charge in [-0.25, -0.2) is 9.97 Å². The number of rotatable bonds is 0. The summed E-state index contributed by atoms with van der Waals surface area (Å²) in [5.41, 5.74) is 1.45. The van der Waals surface area contributed by atoms with E-state index in [-0.39, 0.29) is 0 Å². The molecule has 14 heavy (non-hydrogen) atoms. The average Bonchev–Trinajstić information content (AvgIpc) is 2.14. The fourth-order valence-corrected chi connectivity index (χ4v) is 2.08. The van der Waals surface area contributed by atoms with E-state index in [9.17, 15) is 0 Å². The van der Waals surface area contributed by atoms with Gasteiger partial charge in [0.15, 0.2) is 0 Å². The predicted molar refractivity (Wildman–Crippen MR) is 59.3 cm³/mol. The molecule has 0 spiro atoms. The Morgan fingerprint density at radius 3 is 2.57 bits per heavy atom. The maximum absolute atomic E-state index is 6.08. The van der Waals surface area contributed by atoms with Crippen LogP contribution in [0.2, 0.25) is 15.2 Å². The van der Waals surface area contributed by atoms with E-state index in [1.165, 1.54) is 6.33 Å². The smallest absolute Gasteiger partial charge is 0.141 e. The maximum Gasteiger partial charge on any atom is 0.141 e. The fraction of sp³-hybridized carbons (Fsp3) is 0.111. The number of nitrogens with zero attached hydrogens (tertiary/aromatic N) is 2. The summed E-state index contributed by atoms with van der Waals surface area (Å²) < 4.78 is 0. The molecule has 0 N–H and O–H groups in total. The molecule has 0 fully saturated rings. The molecule has 0 radical (unpaired) electrons. The average molecular weight is 248 g/mol. The Labute approximate surface area is 95.8 Å². The van der Waals surface area contributed by atoms with Gasteiger partial charge >= 0.3 is 0 Å². The van der Waals surface area contributed by atoms with Crippen molar-refractivity contribution in [1.82, 2.24) is 9.97 Å². The van der Waals surface area contributed by atoms with Crippen LogP contribution in [0.4, 0.5) is 0 Å². The first kappa shape index (κ1) is 9.97. The van der Waals surface area contributed by atoms with Crippen LogP contribution in [0.1, 0.15) is 5.56 Å². The second-order valence-corrected chi connectivity index (χ2v) is 4.02. The Balaban J connectivity index is 3.03. The van der Waals surface area contributed by atoms with Gasteiger partial charge in [0, 0.05) is 0 Å². The van der Waals surface area contributed by atoms with Crippen molar-refractivity contribution < 1.29 is 0 Å². The second-order valence-electron chi connectivity index (χ2n) is 2.88. The Morgan fingerprint density at radius 1 is 1.14 bits per heavy atom. The van der Waals surface area contributed by atoms with E-state index >= 15 is 0 Å². The van der Waals surface area contributed by atoms with E-state index in [4.69, 9.17) is 34.8 Å². The monoisotopic (exact) mass is 246 g/mol. The van der Waals surface area contributed by atoms with Crippen molar-refractivity contribution in [3.05, 3.63) is 33.2 Å². The van der Waals surface area contributed by atoms with Crippen molar-refractivity contribution in [2.45, 2.75) is 6.92 Å². The van der Waals surface area contributed by atoms with Gasteiger partial charge in [-0.2, -0.15) is 0 Å². The molecule has 2 nitrogen and oxygen atoms in total. The first-order valence-corrected chi connectivity index (χ1v) is 4.99. The van der Waals surface area contributed by atoms with Crippen molar-refractivity contribution in [3.8, 4) is 0 Å². The van der Waals surface area contributed by atoms with Gasteiger partial charge in [-0.3, -0.25) is 0 Å². The molecule has 2 aromatic rings. The summed E-state index contributed by atoms with van der Waals surface area (Å²) in [5, 5.41) is 2.02. The van der Waals surface area contributed by atoms with Gasteiger partial charge in [-0.15, -0.1) is 0 Å². The zero-order valence-electron chi connectivity index (χ0n) is 7.18. The molecule has 1 aromatic heterocycles. The van der Waals surface area contributed by atoms with Gasteiger partial charge in [-0.05, 0) is 18.6 Å². The van der Waals surface area contributed by atoms with E-state index in [1.807, 2.05) is 6.92 Å². The van der Waals surface area contributed by atoms with Crippen LogP contribution in [0, 0.1) is 6.92 Å². The van der Waals surface area contributed by atoms with Crippen LogP contribution in [0.25, 0.3) is 10.9 Å². The van der Waals surface area contributed by atoms with E-state index in [2.05, 4.69) is 9.97 Å². The maximum atomic E-state index is 6.08. The Hall–Kier alpha value is -0.570. The highest BCUT2D eigenvalue weighted by Gasteiger charge is 2.11. The van der Waals surface area contributed by atoms with Crippen molar-refractivity contribution in [2.75, 3.05) is 0 Å². The fourth-order valence-electron chi connectivity index (χ4n) is 1.26. The summed E-state index contributed by atoms with van der Waals surface area (Å²) in [6, 6.07) is 1.76. The molecule has 72 valence electrons. The molecule has 0 aliphatic carbocycles. The van der Waals surface area contributed by atoms with Crippen LogP contribution >= 0.6 is 34.8 Å². The lowest BCUT2D eigenvalue weighted by Crippen LogP contribution is -1.88. The lowest BCUT2D eigenvalue weighted by Gasteiger charge is -2.05. The number of hydrogen-bond donors (Lipinski definition) is 0. The van der Waals surface area contributed by atoms with Gasteiger partial charge in [0.1, 0.15) is 11.5 Å². The molecule has 0 atom stereocenters. The van der Waals surface area contributed by atoms with Crippen LogP contribution in [0.5, 0.6) is 0 Å². The third-order valence-corrected chi connectivity index (χ3v) is 3.00. The summed E-state index contributed by atoms with van der Waals surface area (Å²) in [7, 11) is 0. The first-order valence-electron chi connectivity index (χ1n) is 3.86. The Kier molecular flexibility index (Phi) is 2.52. The number of halogens is 3. The SMILES string of the molecule is Cc1cc(Cl)c2ncnc(Cl)c2c1Cl. The number of benzene rings is 1. The summed E-state index contributed by atoms with van der Waals surface area (Å²) in [5.74, 6) is 0. The standard InChI is InChI=1S/C9H5Cl3N2/c1-4-2-5(10)8-6(7(4)11)9(12)14-3-13-8/h2-3H,1H3. The highest BCUT2D eigenvalue weighted by molar-refractivity contribution is 6.44. The van der Waals surface area contributed by atoms with Crippen LogP contribution in [-0.2, 0) is 0 Å². The molecule has 1 aromatic carbocycles. The topological polar surface area (TPSA) is 25.8 Å². The third-order valence-electron chi connectivity index (χ3n) is 1.94. The molecule has 0 aliphatic rings. The molecule has 0 bridgehead atoms. The highest BCUT2D eigenvalue weighted by atomic mass is 35.5. The quantitative estimate of drug-likeness (QED) is 0.660. The van der Waals surface area contributed by atoms with Crippen molar-refractivity contribution in [1.29, 1.82) is 0 Å².